The molecule has 16 aromatic heterocycles. The number of fused-ring (bicyclic) bond motifs is 52. The largest absolute Gasteiger partial charge is 0.294 e. The van der Waals surface area contributed by atoms with Gasteiger partial charge in [-0.05, 0) is 245 Å². The summed E-state index contributed by atoms with van der Waals surface area (Å²) in [4.78, 5) is 56.6. The molecular weight excluding hydrogens is 1520 g/mol. The third-order valence-corrected chi connectivity index (χ3v) is 27.9. The van der Waals surface area contributed by atoms with Crippen molar-refractivity contribution in [3.8, 4) is 89.5 Å². The van der Waals surface area contributed by atoms with Crippen LogP contribution in [0.25, 0.3) is 199 Å². The Kier molecular flexibility index (Phi) is 13.3. The van der Waals surface area contributed by atoms with Crippen molar-refractivity contribution in [2.45, 2.75) is 51.4 Å². The molecule has 8 aromatic carbocycles. The van der Waals surface area contributed by atoms with Gasteiger partial charge in [-0.15, -0.1) is 0 Å². The predicted octanol–water partition coefficient (Wildman–Crippen LogP) is 22.3. The summed E-state index contributed by atoms with van der Waals surface area (Å²) in [5.74, 6) is 0. The van der Waals surface area contributed by atoms with Crippen molar-refractivity contribution in [2.75, 3.05) is 0 Å². The van der Waals surface area contributed by atoms with E-state index in [1.54, 1.807) is 0 Å². The van der Waals surface area contributed by atoms with Crippen molar-refractivity contribution in [3.63, 3.8) is 0 Å². The lowest BCUT2D eigenvalue weighted by Crippen LogP contribution is -1.97. The fraction of sp³-hybridized carbons (Fsp3) is 0.0741. The molecule has 32 rings (SSSR count). The van der Waals surface area contributed by atoms with Crippen molar-refractivity contribution >= 4 is 110 Å². The van der Waals surface area contributed by atoms with Gasteiger partial charge in [0.2, 0.25) is 0 Å². The Morgan fingerprint density at radius 1 is 0.185 bits per heavy atom. The lowest BCUT2D eigenvalue weighted by molar-refractivity contribution is 1.08. The Bertz CT molecular complexity index is 8010. The molecule has 24 aromatic rings. The van der Waals surface area contributed by atoms with E-state index in [1.165, 1.54) is 167 Å². The van der Waals surface area contributed by atoms with Crippen LogP contribution >= 0.6 is 0 Å². The van der Waals surface area contributed by atoms with E-state index in [4.69, 9.17) is 24.9 Å². The number of rotatable bonds is 0. The van der Waals surface area contributed by atoms with Crippen LogP contribution < -0.4 is 0 Å². The molecule has 0 amide bonds. The Labute approximate surface area is 706 Å². The second kappa shape index (κ2) is 24.7. The lowest BCUT2D eigenvalue weighted by Gasteiger charge is -2.09. The molecule has 0 unspecified atom stereocenters. The summed E-state index contributed by atoms with van der Waals surface area (Å²) in [6.45, 7) is 0. The van der Waals surface area contributed by atoms with Crippen molar-refractivity contribution in [1.82, 2.24) is 77.4 Å². The van der Waals surface area contributed by atoms with E-state index in [0.29, 0.717) is 0 Å². The molecule has 16 nitrogen and oxygen atoms in total. The van der Waals surface area contributed by atoms with Crippen LogP contribution in [0.3, 0.4) is 0 Å². The summed E-state index contributed by atoms with van der Waals surface area (Å²) >= 11 is 0. The van der Waals surface area contributed by atoms with Gasteiger partial charge < -0.3 is 0 Å². The SMILES string of the molecule is c1ccc2c(c1)Cc1cc3c(cc1-2)Cc1c-3nc2c3cccnc3c3ccncc3n12.c1ccc2c(c1)Cc1cc3c(cc1-2)Cc1c-3nc2c3ccncc3c3ccncc3n12.c1ccc2c(c1)Cc1cc3c(cc1-2)Cc1c-3nc2c3cnccc3c3ccncc3n12.c1ccc2c(c1)Cc1cc3c(cc1-2)Cc1c-3nc2c3ncccc3c3ccncc3n12. The van der Waals surface area contributed by atoms with Gasteiger partial charge in [-0.2, -0.15) is 0 Å². The van der Waals surface area contributed by atoms with E-state index in [0.717, 1.165) is 173 Å². The van der Waals surface area contributed by atoms with Gasteiger partial charge in [0.15, 0.2) is 5.65 Å². The number of pyridine rings is 12. The first kappa shape index (κ1) is 66.7. The van der Waals surface area contributed by atoms with Crippen molar-refractivity contribution < 1.29 is 0 Å². The van der Waals surface area contributed by atoms with Gasteiger partial charge in [0.1, 0.15) is 22.5 Å². The zero-order valence-electron chi connectivity index (χ0n) is 66.5. The molecule has 0 saturated heterocycles. The number of nitrogens with zero attached hydrogens (tertiary/aromatic N) is 16. The van der Waals surface area contributed by atoms with Gasteiger partial charge in [-0.25, -0.2) is 19.9 Å². The van der Waals surface area contributed by atoms with Crippen LogP contribution in [-0.2, 0) is 51.4 Å². The molecule has 0 atom stereocenters. The smallest absolute Gasteiger partial charge is 0.164 e. The van der Waals surface area contributed by atoms with Crippen LogP contribution in [0.4, 0.5) is 0 Å². The topological polar surface area (TPSA) is 172 Å². The molecule has 124 heavy (non-hydrogen) atoms. The fourth-order valence-electron chi connectivity index (χ4n) is 22.5. The Hall–Kier alpha value is -16.2. The third kappa shape index (κ3) is 9.18. The van der Waals surface area contributed by atoms with Gasteiger partial charge in [0.25, 0.3) is 0 Å². The zero-order chi connectivity index (χ0) is 80.4. The van der Waals surface area contributed by atoms with Crippen LogP contribution in [0, 0.1) is 0 Å². The maximum absolute atomic E-state index is 5.19. The van der Waals surface area contributed by atoms with Crippen LogP contribution in [0.5, 0.6) is 0 Å². The summed E-state index contributed by atoms with van der Waals surface area (Å²) in [6, 6.07) is 74.9. The number of hydrogen-bond donors (Lipinski definition) is 0. The van der Waals surface area contributed by atoms with Crippen molar-refractivity contribution in [3.05, 3.63) is 383 Å². The minimum Gasteiger partial charge on any atom is -0.294 e. The molecule has 0 radical (unpaired) electrons. The molecule has 8 aliphatic rings. The van der Waals surface area contributed by atoms with E-state index in [1.807, 2.05) is 98.9 Å². The normalized spacial score (nSPS) is 13.5. The first-order valence-electron chi connectivity index (χ1n) is 42.5. The fourth-order valence-corrected chi connectivity index (χ4v) is 22.5. The molecule has 0 fully saturated rings. The minimum atomic E-state index is 0.879. The molecule has 0 aliphatic heterocycles. The first-order chi connectivity index (χ1) is 61.5. The van der Waals surface area contributed by atoms with Gasteiger partial charge >= 0.3 is 0 Å². The average molecular weight is 1590 g/mol. The van der Waals surface area contributed by atoms with Crippen LogP contribution in [0.1, 0.15) is 89.5 Å². The summed E-state index contributed by atoms with van der Waals surface area (Å²) in [5, 5.41) is 11.4. The molecule has 16 heteroatoms. The Morgan fingerprint density at radius 3 is 0.919 bits per heavy atom. The standard InChI is InChI=1S/4C27H16N4/c1-2-5-18-15(4-1)10-16-12-22-17(11-21(16)18)13-23-26(22)30-27-20-6-3-8-29-25(20)19-7-9-28-14-24(19)31(23)27;1-2-5-18-15(4-1)10-16-12-22-17(11-21(16)18)13-23-25(22)30-27-26-20(6-3-8-29-26)19-7-9-28-14-24(19)31(23)27;1-2-4-18-15(3-1)9-16-11-22-17(10-21(16)18)12-24-26(22)30-27-20-6-8-28-13-23(20)19-5-7-29-14-25(19)31(24)27;1-2-4-18-15(3-1)9-16-11-22-17(10-21(16)18)12-24-26(22)30-27-23-13-28-7-5-19(23)20-6-8-29-14-25(20)31(24)27/h2*1-9,11-12,14H,10,13H2;2*1-8,10-11,13-14H,9,12H2. The predicted molar refractivity (Wildman–Crippen MR) is 489 cm³/mol. The highest BCUT2D eigenvalue weighted by Gasteiger charge is 2.36. The molecule has 0 bridgehead atoms. The monoisotopic (exact) mass is 1580 g/mol. The lowest BCUT2D eigenvalue weighted by atomic mass is 9.99. The second-order valence-electron chi connectivity index (χ2n) is 34.2. The summed E-state index contributed by atoms with van der Waals surface area (Å²) in [6.07, 6.45) is 34.1. The van der Waals surface area contributed by atoms with Crippen molar-refractivity contribution in [1.29, 1.82) is 0 Å². The van der Waals surface area contributed by atoms with E-state index >= 15 is 0 Å². The number of aromatic nitrogens is 16. The molecule has 16 heterocycles. The van der Waals surface area contributed by atoms with Gasteiger partial charge in [-0.3, -0.25) is 57.5 Å². The number of hydrogen-bond acceptors (Lipinski definition) is 12. The Balaban J connectivity index is 0.0000000828. The third-order valence-electron chi connectivity index (χ3n) is 27.9. The van der Waals surface area contributed by atoms with E-state index < -0.39 is 0 Å². The molecular formula is C108H64N16. The van der Waals surface area contributed by atoms with Crippen LogP contribution in [0.2, 0.25) is 0 Å². The van der Waals surface area contributed by atoms with Gasteiger partial charge in [-0.1, -0.05) is 103 Å². The van der Waals surface area contributed by atoms with Gasteiger partial charge in [0.05, 0.1) is 97.9 Å². The number of benzene rings is 8. The highest BCUT2D eigenvalue weighted by Crippen LogP contribution is 2.52. The maximum atomic E-state index is 5.19. The first-order valence-corrected chi connectivity index (χ1v) is 42.5. The molecule has 0 spiro atoms. The summed E-state index contributed by atoms with van der Waals surface area (Å²) in [5.41, 5.74) is 52.5. The maximum Gasteiger partial charge on any atom is 0.164 e. The second-order valence-corrected chi connectivity index (χ2v) is 34.2. The van der Waals surface area contributed by atoms with E-state index in [2.05, 4.69) is 247 Å². The highest BCUT2D eigenvalue weighted by atomic mass is 15.1. The summed E-state index contributed by atoms with van der Waals surface area (Å²) < 4.78 is 9.21. The van der Waals surface area contributed by atoms with E-state index in [9.17, 15) is 0 Å². The minimum absolute atomic E-state index is 0.879. The molecule has 8 aliphatic carbocycles. The molecule has 0 saturated carbocycles. The van der Waals surface area contributed by atoms with E-state index in [-0.39, 0.29) is 0 Å². The quantitative estimate of drug-likeness (QED) is 0.132. The van der Waals surface area contributed by atoms with Crippen LogP contribution in [-0.4, -0.2) is 77.4 Å². The average Bonchev–Trinajstić information content (AvgIpc) is 1.54. The van der Waals surface area contributed by atoms with Crippen molar-refractivity contribution in [2.24, 2.45) is 0 Å². The zero-order valence-corrected chi connectivity index (χ0v) is 66.5. The van der Waals surface area contributed by atoms with Crippen LogP contribution in [0.15, 0.2) is 293 Å². The number of imidazole rings is 4. The summed E-state index contributed by atoms with van der Waals surface area (Å²) in [7, 11) is 0. The Morgan fingerprint density at radius 2 is 0.484 bits per heavy atom. The molecule has 576 valence electrons. The molecule has 0 N–H and O–H groups in total. The van der Waals surface area contributed by atoms with Gasteiger partial charge in [0, 0.05) is 158 Å². The highest BCUT2D eigenvalue weighted by molar-refractivity contribution is 6.15.